The van der Waals surface area contributed by atoms with Crippen molar-refractivity contribution in [1.29, 1.82) is 0 Å². The largest absolute Gasteiger partial charge is 0.493 e. The zero-order chi connectivity index (χ0) is 19.5. The number of fused-ring (bicyclic) bond motifs is 3. The van der Waals surface area contributed by atoms with Crippen molar-refractivity contribution in [2.24, 2.45) is 0 Å². The summed E-state index contributed by atoms with van der Waals surface area (Å²) in [6.07, 6.45) is 4.19. The van der Waals surface area contributed by atoms with Crippen LogP contribution in [0.3, 0.4) is 0 Å². The van der Waals surface area contributed by atoms with Gasteiger partial charge in [0, 0.05) is 5.56 Å². The molecule has 5 heterocycles. The molecule has 0 aliphatic carbocycles. The zero-order valence-electron chi connectivity index (χ0n) is 15.7. The molecule has 2 aliphatic heterocycles. The molecule has 6 rings (SSSR count). The SMILES string of the molecule is Cc1ncoc1-c1cc2c(n3cnnc13)CCc1c(F)ccc3c1[C@H](CO3)CO2. The number of ether oxygens (including phenoxy) is 2. The summed E-state index contributed by atoms with van der Waals surface area (Å²) in [5.41, 5.74) is 4.74. The van der Waals surface area contributed by atoms with Crippen LogP contribution in [0.15, 0.2) is 35.3 Å². The number of rotatable bonds is 1. The molecule has 0 N–H and O–H groups in total. The second kappa shape index (κ2) is 6.04. The maximum absolute atomic E-state index is 14.7. The van der Waals surface area contributed by atoms with E-state index in [1.165, 1.54) is 12.5 Å². The number of aryl methyl sites for hydroxylation is 2. The van der Waals surface area contributed by atoms with Crippen molar-refractivity contribution in [3.8, 4) is 22.8 Å². The van der Waals surface area contributed by atoms with E-state index in [0.717, 1.165) is 28.3 Å². The molecule has 2 aliphatic rings. The average Bonchev–Trinajstić information content (AvgIpc) is 3.45. The van der Waals surface area contributed by atoms with Crippen LogP contribution >= 0.6 is 0 Å². The van der Waals surface area contributed by atoms with Gasteiger partial charge in [-0.05, 0) is 43.5 Å². The van der Waals surface area contributed by atoms with E-state index in [9.17, 15) is 4.39 Å². The minimum Gasteiger partial charge on any atom is -0.493 e. The van der Waals surface area contributed by atoms with E-state index < -0.39 is 0 Å². The van der Waals surface area contributed by atoms with Crippen LogP contribution in [0.4, 0.5) is 4.39 Å². The number of pyridine rings is 1. The Balaban J connectivity index is 1.54. The Morgan fingerprint density at radius 3 is 2.83 bits per heavy atom. The van der Waals surface area contributed by atoms with Gasteiger partial charge in [-0.1, -0.05) is 0 Å². The van der Waals surface area contributed by atoms with Gasteiger partial charge in [0.25, 0.3) is 0 Å². The number of aromatic nitrogens is 4. The summed E-state index contributed by atoms with van der Waals surface area (Å²) in [7, 11) is 0. The fourth-order valence-electron chi connectivity index (χ4n) is 4.39. The Hall–Kier alpha value is -3.42. The maximum atomic E-state index is 14.7. The number of benzene rings is 1. The van der Waals surface area contributed by atoms with Crippen LogP contribution in [0.2, 0.25) is 0 Å². The van der Waals surface area contributed by atoms with E-state index >= 15 is 0 Å². The summed E-state index contributed by atoms with van der Waals surface area (Å²) in [4.78, 5) is 4.19. The quantitative estimate of drug-likeness (QED) is 0.494. The molecule has 0 fully saturated rings. The van der Waals surface area contributed by atoms with Crippen molar-refractivity contribution in [1.82, 2.24) is 19.6 Å². The summed E-state index contributed by atoms with van der Waals surface area (Å²) in [6.45, 7) is 2.77. The van der Waals surface area contributed by atoms with Crippen molar-refractivity contribution in [3.05, 3.63) is 59.3 Å². The molecule has 3 aromatic heterocycles. The second-order valence-corrected chi connectivity index (χ2v) is 7.42. The number of nitrogens with zero attached hydrogens (tertiary/aromatic N) is 4. The normalized spacial score (nSPS) is 17.7. The molecule has 0 spiro atoms. The summed E-state index contributed by atoms with van der Waals surface area (Å²) in [5.74, 6) is 1.90. The van der Waals surface area contributed by atoms with Crippen molar-refractivity contribution in [2.75, 3.05) is 13.2 Å². The van der Waals surface area contributed by atoms with Gasteiger partial charge in [-0.2, -0.15) is 0 Å². The van der Waals surface area contributed by atoms with Gasteiger partial charge in [0.1, 0.15) is 23.6 Å². The van der Waals surface area contributed by atoms with Gasteiger partial charge in [-0.25, -0.2) is 9.37 Å². The first-order valence-corrected chi connectivity index (χ1v) is 9.53. The predicted octanol–water partition coefficient (Wildman–Crippen LogP) is 3.49. The molecule has 1 atom stereocenters. The number of hydrogen-bond donors (Lipinski definition) is 0. The molecular formula is C21H17FN4O3. The molecule has 0 saturated carbocycles. The highest BCUT2D eigenvalue weighted by Gasteiger charge is 2.32. The molecule has 0 bridgehead atoms. The topological polar surface area (TPSA) is 74.7 Å². The van der Waals surface area contributed by atoms with E-state index in [4.69, 9.17) is 13.9 Å². The van der Waals surface area contributed by atoms with Crippen LogP contribution < -0.4 is 9.47 Å². The third kappa shape index (κ3) is 2.38. The van der Waals surface area contributed by atoms with Gasteiger partial charge in [0.05, 0.1) is 36.1 Å². The lowest BCUT2D eigenvalue weighted by Gasteiger charge is -2.15. The highest BCUT2D eigenvalue weighted by atomic mass is 19.1. The van der Waals surface area contributed by atoms with Gasteiger partial charge >= 0.3 is 0 Å². The number of oxazole rings is 1. The van der Waals surface area contributed by atoms with E-state index in [0.29, 0.717) is 48.8 Å². The highest BCUT2D eigenvalue weighted by Crippen LogP contribution is 2.41. The summed E-state index contributed by atoms with van der Waals surface area (Å²) >= 11 is 0. The highest BCUT2D eigenvalue weighted by molar-refractivity contribution is 5.77. The molecule has 1 aromatic carbocycles. The first-order valence-electron chi connectivity index (χ1n) is 9.53. The molecule has 29 heavy (non-hydrogen) atoms. The van der Waals surface area contributed by atoms with E-state index in [1.54, 1.807) is 12.4 Å². The molecule has 146 valence electrons. The molecule has 0 radical (unpaired) electrons. The van der Waals surface area contributed by atoms with E-state index in [2.05, 4.69) is 15.2 Å². The van der Waals surface area contributed by atoms with Crippen LogP contribution in [0.5, 0.6) is 11.5 Å². The number of hydrogen-bond acceptors (Lipinski definition) is 6. The van der Waals surface area contributed by atoms with Crippen LogP contribution in [0.25, 0.3) is 17.0 Å². The lowest BCUT2D eigenvalue weighted by atomic mass is 9.93. The lowest BCUT2D eigenvalue weighted by Crippen LogP contribution is -2.13. The molecule has 0 amide bonds. The Bertz CT molecular complexity index is 1260. The van der Waals surface area contributed by atoms with Gasteiger partial charge in [-0.15, -0.1) is 10.2 Å². The summed E-state index contributed by atoms with van der Waals surface area (Å²) < 4.78 is 34.2. The zero-order valence-corrected chi connectivity index (χ0v) is 15.7. The van der Waals surface area contributed by atoms with Crippen molar-refractivity contribution >= 4 is 5.65 Å². The van der Waals surface area contributed by atoms with Crippen molar-refractivity contribution in [2.45, 2.75) is 25.7 Å². The lowest BCUT2D eigenvalue weighted by molar-refractivity contribution is 0.246. The smallest absolute Gasteiger partial charge is 0.181 e. The fourth-order valence-corrected chi connectivity index (χ4v) is 4.39. The number of halogens is 1. The standard InChI is InChI=1S/C21H17FN4O3/c1-11-20(29-10-23-11)14-6-18-16(26-9-24-25-21(14)26)4-2-13-15(22)3-5-17-19(13)12(7-27-17)8-28-18/h3,5-6,9-10,12H,2,4,7-8H2,1H3/t12-/m1/s1. The van der Waals surface area contributed by atoms with Gasteiger partial charge < -0.3 is 13.9 Å². The van der Waals surface area contributed by atoms with Gasteiger partial charge in [0.2, 0.25) is 0 Å². The molecule has 4 aromatic rings. The van der Waals surface area contributed by atoms with Crippen LogP contribution in [0.1, 0.15) is 28.4 Å². The summed E-state index contributed by atoms with van der Waals surface area (Å²) in [6, 6.07) is 5.12. The first-order chi connectivity index (χ1) is 14.2. The molecule has 0 saturated heterocycles. The van der Waals surface area contributed by atoms with Crippen molar-refractivity contribution in [3.63, 3.8) is 0 Å². The molecule has 0 unspecified atom stereocenters. The average molecular weight is 392 g/mol. The minimum atomic E-state index is -0.198. The fraction of sp³-hybridized carbons (Fsp3) is 0.286. The van der Waals surface area contributed by atoms with Gasteiger partial charge in [0.15, 0.2) is 17.8 Å². The second-order valence-electron chi connectivity index (χ2n) is 7.42. The third-order valence-corrected chi connectivity index (χ3v) is 5.79. The van der Waals surface area contributed by atoms with Crippen LogP contribution in [-0.2, 0) is 12.8 Å². The van der Waals surface area contributed by atoms with E-state index in [-0.39, 0.29) is 11.7 Å². The Kier molecular flexibility index (Phi) is 3.44. The van der Waals surface area contributed by atoms with Crippen LogP contribution in [0, 0.1) is 12.7 Å². The first kappa shape index (κ1) is 16.5. The van der Waals surface area contributed by atoms with E-state index in [1.807, 2.05) is 17.4 Å². The Labute approximate surface area is 165 Å². The van der Waals surface area contributed by atoms with Crippen LogP contribution in [-0.4, -0.2) is 32.8 Å². The third-order valence-electron chi connectivity index (χ3n) is 5.79. The maximum Gasteiger partial charge on any atom is 0.181 e. The van der Waals surface area contributed by atoms with Gasteiger partial charge in [-0.3, -0.25) is 4.40 Å². The Morgan fingerprint density at radius 1 is 1.14 bits per heavy atom. The molecular weight excluding hydrogens is 375 g/mol. The minimum absolute atomic E-state index is 0.00581. The predicted molar refractivity (Wildman–Crippen MR) is 101 cm³/mol. The molecule has 8 heteroatoms. The Morgan fingerprint density at radius 2 is 2.00 bits per heavy atom. The summed E-state index contributed by atoms with van der Waals surface area (Å²) in [5, 5.41) is 8.37. The van der Waals surface area contributed by atoms with Crippen molar-refractivity contribution < 1.29 is 18.3 Å². The molecule has 7 nitrogen and oxygen atoms in total. The monoisotopic (exact) mass is 392 g/mol.